The van der Waals surface area contributed by atoms with Crippen LogP contribution in [0.25, 0.3) is 0 Å². The molecule has 0 amide bonds. The number of hydrogen-bond acceptors (Lipinski definition) is 1. The Morgan fingerprint density at radius 2 is 2.00 bits per heavy atom. The molecule has 0 fully saturated rings. The van der Waals surface area contributed by atoms with Crippen molar-refractivity contribution >= 4 is 0 Å². The normalized spacial score (nSPS) is 3.00. The zero-order valence-corrected chi connectivity index (χ0v) is 2.73. The van der Waals surface area contributed by atoms with Crippen LogP contribution in [0.3, 0.4) is 0 Å². The van der Waals surface area contributed by atoms with E-state index in [0.717, 1.165) is 0 Å². The van der Waals surface area contributed by atoms with Crippen LogP contribution in [0.15, 0.2) is 12.7 Å². The van der Waals surface area contributed by atoms with Gasteiger partial charge in [-0.05, 0) is 0 Å². The Bertz CT molecular complexity index is 49.2. The molecule has 0 aromatic carbocycles. The molecule has 0 rings (SSSR count). The molecule has 4 radical (unpaired) electrons. The minimum Gasteiger partial charge on any atom is -0.193 e. The van der Waals surface area contributed by atoms with Crippen molar-refractivity contribution in [2.75, 3.05) is 0 Å². The van der Waals surface area contributed by atoms with Gasteiger partial charge in [0.05, 0.1) is 6.07 Å². The third-order valence-electron chi connectivity index (χ3n) is 0.0913. The second-order valence-corrected chi connectivity index (χ2v) is 0.333. The molecule has 0 heterocycles. The molecule has 0 saturated carbocycles. The average molecular weight is 65.1 g/mol. The van der Waals surface area contributed by atoms with Gasteiger partial charge in [0.15, 0.2) is 0 Å². The molecule has 1 heteroatoms. The van der Waals surface area contributed by atoms with E-state index in [1.54, 1.807) is 6.07 Å². The van der Waals surface area contributed by atoms with Crippen LogP contribution in [0.2, 0.25) is 0 Å². The standard InChI is InChI=1S/C3H3N.C/c1-2-3-4;/h2H,1H2;. The van der Waals surface area contributed by atoms with Gasteiger partial charge in [-0.2, -0.15) is 5.26 Å². The van der Waals surface area contributed by atoms with Gasteiger partial charge in [0.1, 0.15) is 0 Å². The van der Waals surface area contributed by atoms with Crippen LogP contribution >= 0.6 is 0 Å². The first-order chi connectivity index (χ1) is 1.91. The molecular formula is C4H3N. The number of rotatable bonds is 0. The van der Waals surface area contributed by atoms with Gasteiger partial charge in [0, 0.05) is 13.5 Å². The topological polar surface area (TPSA) is 23.8 Å². The molecule has 5 heavy (non-hydrogen) atoms. The first kappa shape index (κ1) is 8.87. The number of hydrogen-bond donors (Lipinski definition) is 0. The zero-order valence-electron chi connectivity index (χ0n) is 2.73. The molecule has 0 aromatic heterocycles. The first-order valence-corrected chi connectivity index (χ1v) is 0.921. The van der Waals surface area contributed by atoms with Gasteiger partial charge in [-0.15, -0.1) is 0 Å². The van der Waals surface area contributed by atoms with Gasteiger partial charge in [0.2, 0.25) is 0 Å². The summed E-state index contributed by atoms with van der Waals surface area (Å²) >= 11 is 0. The summed E-state index contributed by atoms with van der Waals surface area (Å²) in [5.74, 6) is 0. The SMILES string of the molecule is C=CC#N.[C]. The number of nitrogens with zero attached hydrogens (tertiary/aromatic N) is 1. The highest BCUT2D eigenvalue weighted by molar-refractivity contribution is 4.93. The highest BCUT2D eigenvalue weighted by Crippen LogP contribution is 1.41. The Morgan fingerprint density at radius 3 is 2.00 bits per heavy atom. The van der Waals surface area contributed by atoms with Crippen LogP contribution in [-0.2, 0) is 0 Å². The molecule has 0 aromatic rings. The van der Waals surface area contributed by atoms with E-state index in [2.05, 4.69) is 6.58 Å². The second-order valence-electron chi connectivity index (χ2n) is 0.333. The van der Waals surface area contributed by atoms with Crippen molar-refractivity contribution in [3.05, 3.63) is 20.1 Å². The lowest BCUT2D eigenvalue weighted by molar-refractivity contribution is 1.54. The lowest BCUT2D eigenvalue weighted by Crippen LogP contribution is -1.23. The Kier molecular flexibility index (Phi) is 18.8. The molecule has 0 aliphatic carbocycles. The van der Waals surface area contributed by atoms with Crippen molar-refractivity contribution in [1.29, 1.82) is 5.26 Å². The molecule has 0 unspecified atom stereocenters. The minimum absolute atomic E-state index is 0. The molecular weight excluding hydrogens is 62.1 g/mol. The maximum Gasteiger partial charge on any atom is 0.0905 e. The summed E-state index contributed by atoms with van der Waals surface area (Å²) < 4.78 is 0. The Balaban J connectivity index is 0. The third kappa shape index (κ3) is 92.4. The lowest BCUT2D eigenvalue weighted by atomic mass is 10.8. The summed E-state index contributed by atoms with van der Waals surface area (Å²) in [6, 6.07) is 1.69. The van der Waals surface area contributed by atoms with Gasteiger partial charge >= 0.3 is 0 Å². The van der Waals surface area contributed by atoms with E-state index < -0.39 is 0 Å². The van der Waals surface area contributed by atoms with E-state index >= 15 is 0 Å². The third-order valence-corrected chi connectivity index (χ3v) is 0.0913. The van der Waals surface area contributed by atoms with E-state index in [4.69, 9.17) is 5.26 Å². The summed E-state index contributed by atoms with van der Waals surface area (Å²) in [4.78, 5) is 0. The van der Waals surface area contributed by atoms with Crippen molar-refractivity contribution in [3.63, 3.8) is 0 Å². The van der Waals surface area contributed by atoms with Crippen molar-refractivity contribution in [3.8, 4) is 6.07 Å². The van der Waals surface area contributed by atoms with Crippen molar-refractivity contribution in [2.24, 2.45) is 0 Å². The summed E-state index contributed by atoms with van der Waals surface area (Å²) in [5, 5.41) is 7.51. The van der Waals surface area contributed by atoms with Crippen LogP contribution in [0.5, 0.6) is 0 Å². The summed E-state index contributed by atoms with van der Waals surface area (Å²) in [6.07, 6.45) is 1.18. The zero-order chi connectivity index (χ0) is 3.41. The van der Waals surface area contributed by atoms with E-state index in [0.29, 0.717) is 0 Å². The van der Waals surface area contributed by atoms with Gasteiger partial charge in [-0.3, -0.25) is 0 Å². The summed E-state index contributed by atoms with van der Waals surface area (Å²) in [7, 11) is 0. The minimum atomic E-state index is 0. The largest absolute Gasteiger partial charge is 0.193 e. The average Bonchev–Trinajstić information content (AvgIpc) is 1.37. The van der Waals surface area contributed by atoms with Crippen LogP contribution in [0.4, 0.5) is 0 Å². The Hall–Kier alpha value is -0.770. The molecule has 0 N–H and O–H groups in total. The summed E-state index contributed by atoms with van der Waals surface area (Å²) in [5.41, 5.74) is 0. The molecule has 24 valence electrons. The Labute approximate surface area is 32.5 Å². The summed E-state index contributed by atoms with van der Waals surface area (Å²) in [6.45, 7) is 3.12. The van der Waals surface area contributed by atoms with Crippen molar-refractivity contribution in [2.45, 2.75) is 0 Å². The van der Waals surface area contributed by atoms with Crippen LogP contribution in [0, 0.1) is 18.8 Å². The van der Waals surface area contributed by atoms with Crippen molar-refractivity contribution < 1.29 is 0 Å². The van der Waals surface area contributed by atoms with Crippen molar-refractivity contribution in [1.82, 2.24) is 0 Å². The fourth-order valence-electron chi connectivity index (χ4n) is 0. The van der Waals surface area contributed by atoms with Gasteiger partial charge in [-0.1, -0.05) is 6.58 Å². The fourth-order valence-corrected chi connectivity index (χ4v) is 0. The monoisotopic (exact) mass is 65.0 g/mol. The van der Waals surface area contributed by atoms with Gasteiger partial charge in [0.25, 0.3) is 0 Å². The van der Waals surface area contributed by atoms with Crippen LogP contribution in [-0.4, -0.2) is 0 Å². The van der Waals surface area contributed by atoms with Gasteiger partial charge in [-0.25, -0.2) is 0 Å². The molecule has 1 nitrogen and oxygen atoms in total. The molecule has 0 aliphatic rings. The second kappa shape index (κ2) is 10.6. The van der Waals surface area contributed by atoms with E-state index in [-0.39, 0.29) is 7.43 Å². The maximum atomic E-state index is 7.51. The molecule has 0 bridgehead atoms. The molecule has 0 atom stereocenters. The highest BCUT2D eigenvalue weighted by atomic mass is 14.2. The fraction of sp³-hybridized carbons (Fsp3) is 0. The lowest BCUT2D eigenvalue weighted by Gasteiger charge is -1.31. The predicted molar refractivity (Wildman–Crippen MR) is 19.1 cm³/mol. The molecule has 0 aliphatic heterocycles. The number of allylic oxidation sites excluding steroid dienone is 1. The van der Waals surface area contributed by atoms with E-state index in [1.165, 1.54) is 6.08 Å². The molecule has 0 spiro atoms. The van der Waals surface area contributed by atoms with Crippen LogP contribution < -0.4 is 0 Å². The van der Waals surface area contributed by atoms with Gasteiger partial charge < -0.3 is 0 Å². The highest BCUT2D eigenvalue weighted by Gasteiger charge is 1.34. The maximum absolute atomic E-state index is 7.51. The quantitative estimate of drug-likeness (QED) is 0.382. The first-order valence-electron chi connectivity index (χ1n) is 0.921. The van der Waals surface area contributed by atoms with E-state index in [1.807, 2.05) is 0 Å². The smallest absolute Gasteiger partial charge is 0.0905 e. The predicted octanol–water partition coefficient (Wildman–Crippen LogP) is 0.777. The van der Waals surface area contributed by atoms with Crippen LogP contribution in [0.1, 0.15) is 0 Å². The Morgan fingerprint density at radius 1 is 1.80 bits per heavy atom. The molecule has 0 saturated heterocycles. The number of nitriles is 1. The van der Waals surface area contributed by atoms with E-state index in [9.17, 15) is 0 Å².